The highest BCUT2D eigenvalue weighted by molar-refractivity contribution is 7.14. The zero-order chi connectivity index (χ0) is 78.1. The van der Waals surface area contributed by atoms with Gasteiger partial charge in [-0.1, -0.05) is 6.58 Å². The third-order valence-corrected chi connectivity index (χ3v) is 22.9. The highest BCUT2D eigenvalue weighted by Gasteiger charge is 2.51. The van der Waals surface area contributed by atoms with Crippen LogP contribution in [0, 0.1) is 5.82 Å². The van der Waals surface area contributed by atoms with Gasteiger partial charge in [0.15, 0.2) is 23.8 Å². The summed E-state index contributed by atoms with van der Waals surface area (Å²) in [5.41, 5.74) is -0.157. The van der Waals surface area contributed by atoms with Crippen LogP contribution in [0.2, 0.25) is 0 Å². The highest BCUT2D eigenvalue weighted by Crippen LogP contribution is 2.45. The van der Waals surface area contributed by atoms with Crippen molar-refractivity contribution in [2.75, 3.05) is 27.8 Å². The lowest BCUT2D eigenvalue weighted by Crippen LogP contribution is -2.62. The van der Waals surface area contributed by atoms with Gasteiger partial charge in [0.05, 0.1) is 54.9 Å². The van der Waals surface area contributed by atoms with E-state index in [9.17, 15) is 49.9 Å². The SMILES string of the molecule is C=C(NC(=O)c1csc(-c2nc3c(cc2OC2OC(C)C(O)C(O)C2O)-c2nc(cs2)C(=O)NC(C(C)O)C(=O)NC(=C(C)OC)c2nc(cs2)C(=O)NC2c4nc(cs4)C(=O)NC(COC(=O)c4c5c6c(c(F)ccc6n4O)COC(=O)C(OC4CC(C)(O)C(N(C)C)C(C)O4)C2OC5)c2nc-3cs2)n1)C(N)=O. The number of carbonyl (C=O) groups excluding carboxylic acids is 8. The van der Waals surface area contributed by atoms with Crippen molar-refractivity contribution in [2.45, 2.75) is 145 Å². The number of ether oxygens (including phenoxy) is 8. The number of fused-ring (bicyclic) bond motifs is 15. The first-order valence-corrected chi connectivity index (χ1v) is 37.5. The number of halogens is 1. The summed E-state index contributed by atoms with van der Waals surface area (Å²) < 4.78 is 66.6. The summed E-state index contributed by atoms with van der Waals surface area (Å²) in [4.78, 5) is 146. The molecule has 0 aliphatic carbocycles. The Hall–Kier alpha value is -9.77. The van der Waals surface area contributed by atoms with Crippen LogP contribution < -0.4 is 37.1 Å². The van der Waals surface area contributed by atoms with Crippen molar-refractivity contribution in [3.8, 4) is 38.4 Å². The number of aliphatic hydroxyl groups excluding tert-OH is 4. The molecule has 0 saturated carbocycles. The number of rotatable bonds is 11. The quantitative estimate of drug-likeness (QED) is 0.0383. The molecule has 5 aliphatic rings. The Morgan fingerprint density at radius 1 is 0.807 bits per heavy atom. The predicted octanol–water partition coefficient (Wildman–Crippen LogP) is 2.53. The second-order valence-corrected chi connectivity index (χ2v) is 30.6. The summed E-state index contributed by atoms with van der Waals surface area (Å²) in [6.07, 6.45) is -16.5. The molecule has 2 fully saturated rings. The number of benzene rings is 1. The van der Waals surface area contributed by atoms with Gasteiger partial charge in [0.25, 0.3) is 29.5 Å². The van der Waals surface area contributed by atoms with Crippen LogP contribution in [0.25, 0.3) is 49.3 Å². The van der Waals surface area contributed by atoms with E-state index in [1.807, 2.05) is 0 Å². The van der Waals surface area contributed by atoms with Crippen molar-refractivity contribution in [3.63, 3.8) is 0 Å². The van der Waals surface area contributed by atoms with Crippen molar-refractivity contribution in [1.82, 2.24) is 66.1 Å². The second-order valence-electron chi connectivity index (χ2n) is 26.2. The maximum Gasteiger partial charge on any atom is 0.358 e. The van der Waals surface area contributed by atoms with Crippen LogP contribution in [0.4, 0.5) is 4.39 Å². The van der Waals surface area contributed by atoms with Crippen LogP contribution in [0.5, 0.6) is 5.75 Å². The molecule has 0 spiro atoms. The predicted molar refractivity (Wildman–Crippen MR) is 381 cm³/mol. The molecular formula is C67H69FN14O22S5. The fourth-order valence-electron chi connectivity index (χ4n) is 13.1. The van der Waals surface area contributed by atoms with Crippen LogP contribution >= 0.6 is 56.7 Å². The molecule has 109 heavy (non-hydrogen) atoms. The van der Waals surface area contributed by atoms with Crippen LogP contribution in [0.15, 0.2) is 63.1 Å². The number of hydrogen-bond acceptors (Lipinski definition) is 34. The van der Waals surface area contributed by atoms with E-state index < -0.39 is 176 Å². The van der Waals surface area contributed by atoms with Crippen LogP contribution in [0.1, 0.15) is 132 Å². The Morgan fingerprint density at radius 3 is 2.17 bits per heavy atom. The Bertz CT molecular complexity index is 5010. The summed E-state index contributed by atoms with van der Waals surface area (Å²) >= 11 is 4.11. The number of nitrogens with one attached hydrogen (secondary N) is 5. The molecule has 8 aromatic rings. The van der Waals surface area contributed by atoms with Crippen molar-refractivity contribution in [1.29, 1.82) is 0 Å². The second kappa shape index (κ2) is 30.9. The molecule has 576 valence electrons. The van der Waals surface area contributed by atoms with Gasteiger partial charge in [0.1, 0.15) is 138 Å². The number of primary amides is 1. The zero-order valence-corrected chi connectivity index (χ0v) is 62.6. The fraction of sp³-hybridized carbons (Fsp3) is 0.403. The topological polar surface area (TPSA) is 503 Å². The van der Waals surface area contributed by atoms with Crippen LogP contribution in [0.3, 0.4) is 0 Å². The van der Waals surface area contributed by atoms with E-state index in [1.54, 1.807) is 32.8 Å². The number of amides is 6. The average molecular weight is 1600 g/mol. The number of allylic oxidation sites excluding steroid dienone is 1. The molecule has 1 aromatic carbocycles. The number of aliphatic hydroxyl groups is 5. The highest BCUT2D eigenvalue weighted by atomic mass is 32.1. The van der Waals surface area contributed by atoms with E-state index in [4.69, 9.17) is 58.6 Å². The lowest BCUT2D eigenvalue weighted by molar-refractivity contribution is -0.280. The number of methoxy groups -OCH3 is 1. The molecule has 13 N–H and O–H groups in total. The first-order valence-electron chi connectivity index (χ1n) is 33.1. The molecule has 6 amide bonds. The largest absolute Gasteiger partial charge is 0.499 e. The molecule has 15 atom stereocenters. The Morgan fingerprint density at radius 2 is 1.47 bits per heavy atom. The number of nitrogens with two attached hydrogens (primary N) is 1. The minimum Gasteiger partial charge on any atom is -0.499 e. The summed E-state index contributed by atoms with van der Waals surface area (Å²) in [6, 6.07) is -2.26. The van der Waals surface area contributed by atoms with Gasteiger partial charge in [-0.2, -0.15) is 4.73 Å². The number of nitrogens with zero attached hydrogens (tertiary/aromatic N) is 8. The van der Waals surface area contributed by atoms with Gasteiger partial charge >= 0.3 is 11.9 Å². The molecule has 5 aliphatic heterocycles. The molecule has 42 heteroatoms. The van der Waals surface area contributed by atoms with E-state index in [1.165, 1.54) is 60.8 Å². The Kier molecular flexibility index (Phi) is 22.0. The smallest absolute Gasteiger partial charge is 0.358 e. The molecule has 0 radical (unpaired) electrons. The molecule has 13 rings (SSSR count). The number of pyridine rings is 1. The summed E-state index contributed by atoms with van der Waals surface area (Å²) in [5.74, 6) is -9.87. The number of carbonyl (C=O) groups is 8. The van der Waals surface area contributed by atoms with Crippen LogP contribution in [-0.2, 0) is 60.8 Å². The number of aromatic nitrogens is 7. The number of likely N-dealkylation sites (N-methyl/N-ethyl adjacent to an activating group) is 1. The van der Waals surface area contributed by atoms with Crippen molar-refractivity contribution in [3.05, 3.63) is 124 Å². The minimum absolute atomic E-state index is 0.00509. The van der Waals surface area contributed by atoms with E-state index in [0.29, 0.717) is 4.73 Å². The number of thiazole rings is 5. The maximum absolute atomic E-state index is 16.6. The molecule has 15 unspecified atom stereocenters. The minimum atomic E-state index is -2.08. The zero-order valence-electron chi connectivity index (χ0n) is 58.5. The first kappa shape index (κ1) is 77.4. The molecule has 12 heterocycles. The van der Waals surface area contributed by atoms with Gasteiger partial charge in [0, 0.05) is 55.4 Å². The van der Waals surface area contributed by atoms with E-state index >= 15 is 23.6 Å². The molecular weight excluding hydrogens is 1530 g/mol. The lowest BCUT2D eigenvalue weighted by atomic mass is 9.85. The standard InChI is InChI=1S/C67H69FN14O22S5/c1-22(53(69)87)70-54(88)33-19-108-62(75-33)44-38(103-66-49(86)48(85)47(84)25(4)102-66)12-27-43(77-44)32-17-106-60(72-32)31-16-100-64(93)46-29-15-98-50(51(104-39-13-67(6,95)52(81(7)8)26(5)101-39)65(94)99-14-28-30(68)10-11-37(40(28)29)82(46)96)45(63-76-34(20-109-63)55(89)71-31)80-57(91)36-21-107-61(74-36)42(24(3)97-9)79-58(92)41(23(2)83)78-56(90)35-18-105-59(27)73-35/h10-12,17-21,23,25-26,31,39,41,45,47-52,66,83-86,95-96H,1,13-16H2,2-9H3,(H2,69,87)(H,70,88)(H,71,89)(H,78,90)(H,79,92)(H,80,91). The number of cyclic esters (lactones) is 2. The van der Waals surface area contributed by atoms with Gasteiger partial charge in [-0.05, 0) is 66.9 Å². The molecule has 36 nitrogen and oxygen atoms in total. The van der Waals surface area contributed by atoms with E-state index in [0.717, 1.165) is 68.8 Å². The van der Waals surface area contributed by atoms with Crippen molar-refractivity contribution in [2.24, 2.45) is 5.73 Å². The number of hydrogen-bond donors (Lipinski definition) is 12. The van der Waals surface area contributed by atoms with Gasteiger partial charge in [-0.15, -0.1) is 56.7 Å². The van der Waals surface area contributed by atoms with Crippen LogP contribution in [-0.4, -0.2) is 225 Å². The number of esters is 2. The summed E-state index contributed by atoms with van der Waals surface area (Å²) in [7, 11) is 4.73. The normalized spacial score (nSPS) is 27.1. The monoisotopic (exact) mass is 1600 g/mol. The van der Waals surface area contributed by atoms with Gasteiger partial charge in [0.2, 0.25) is 12.2 Å². The fourth-order valence-corrected chi connectivity index (χ4v) is 17.3. The Balaban J connectivity index is 1.01. The third kappa shape index (κ3) is 15.2. The summed E-state index contributed by atoms with van der Waals surface area (Å²) in [6.45, 7) is 8.20. The molecule has 2 saturated heterocycles. The average Bonchev–Trinajstić information content (AvgIpc) is 1.62. The van der Waals surface area contributed by atoms with Gasteiger partial charge in [-0.25, -0.2) is 43.9 Å². The molecule has 7 aromatic heterocycles. The van der Waals surface area contributed by atoms with Gasteiger partial charge < -0.3 is 106 Å². The maximum atomic E-state index is 16.6. The lowest BCUT2D eigenvalue weighted by Gasteiger charge is -2.48. The van der Waals surface area contributed by atoms with E-state index in [-0.39, 0.29) is 116 Å². The van der Waals surface area contributed by atoms with Crippen molar-refractivity contribution < 1.29 is 111 Å². The third-order valence-electron chi connectivity index (χ3n) is 18.4. The Labute approximate surface area is 635 Å². The summed E-state index contributed by atoms with van der Waals surface area (Å²) in [5, 5.41) is 87.7. The molecule has 12 bridgehead atoms. The first-order chi connectivity index (χ1) is 51.8. The van der Waals surface area contributed by atoms with Gasteiger partial charge in [-0.3, -0.25) is 28.8 Å². The van der Waals surface area contributed by atoms with Crippen molar-refractivity contribution >= 4 is 121 Å². The van der Waals surface area contributed by atoms with E-state index in [2.05, 4.69) is 48.1 Å².